The number of ether oxygens (including phenoxy) is 3. The summed E-state index contributed by atoms with van der Waals surface area (Å²) in [6, 6.07) is 5.56. The summed E-state index contributed by atoms with van der Waals surface area (Å²) in [5, 5.41) is 0. The van der Waals surface area contributed by atoms with Crippen LogP contribution in [0, 0.1) is 34.5 Å². The Morgan fingerprint density at radius 2 is 1.89 bits per heavy atom. The summed E-state index contributed by atoms with van der Waals surface area (Å²) >= 11 is 0. The third-order valence-corrected chi connectivity index (χ3v) is 10.3. The van der Waals surface area contributed by atoms with E-state index in [1.54, 1.807) is 13.2 Å². The maximum Gasteiger partial charge on any atom is 0.310 e. The Labute approximate surface area is 215 Å². The average Bonchev–Trinajstić information content (AvgIpc) is 3.21. The predicted molar refractivity (Wildman–Crippen MR) is 136 cm³/mol. The van der Waals surface area contributed by atoms with Gasteiger partial charge in [-0.15, -0.1) is 0 Å². The molecular formula is C30H41NO5. The predicted octanol–water partition coefficient (Wildman–Crippen LogP) is 6.21. The van der Waals surface area contributed by atoms with Gasteiger partial charge in [-0.05, 0) is 86.5 Å². The van der Waals surface area contributed by atoms with Crippen molar-refractivity contribution < 1.29 is 23.8 Å². The molecule has 4 aliphatic carbocycles. The van der Waals surface area contributed by atoms with E-state index in [9.17, 15) is 9.59 Å². The lowest BCUT2D eigenvalue weighted by molar-refractivity contribution is -0.161. The van der Waals surface area contributed by atoms with E-state index >= 15 is 0 Å². The number of fused-ring (bicyclic) bond motifs is 5. The number of aromatic nitrogens is 1. The molecule has 8 atom stereocenters. The highest BCUT2D eigenvalue weighted by atomic mass is 16.5. The first kappa shape index (κ1) is 25.3. The van der Waals surface area contributed by atoms with Gasteiger partial charge in [0.2, 0.25) is 5.88 Å². The van der Waals surface area contributed by atoms with Crippen LogP contribution in [0.4, 0.5) is 0 Å². The van der Waals surface area contributed by atoms with E-state index in [4.69, 9.17) is 14.2 Å². The van der Waals surface area contributed by atoms with Gasteiger partial charge < -0.3 is 14.2 Å². The van der Waals surface area contributed by atoms with Crippen molar-refractivity contribution in [2.75, 3.05) is 7.11 Å². The number of nitrogens with zero attached hydrogens (tertiary/aromatic N) is 1. The Hall–Kier alpha value is -2.37. The van der Waals surface area contributed by atoms with Gasteiger partial charge in [-0.2, -0.15) is 0 Å². The first-order valence-electron chi connectivity index (χ1n) is 13.7. The number of allylic oxidation sites excluding steroid dienone is 1. The van der Waals surface area contributed by atoms with E-state index < -0.39 is 6.10 Å². The normalized spacial score (nSPS) is 38.0. The molecular weight excluding hydrogens is 454 g/mol. The van der Waals surface area contributed by atoms with E-state index in [2.05, 4.69) is 24.9 Å². The molecule has 0 N–H and O–H groups in total. The van der Waals surface area contributed by atoms with E-state index in [-0.39, 0.29) is 34.8 Å². The quantitative estimate of drug-likeness (QED) is 0.357. The fourth-order valence-corrected chi connectivity index (χ4v) is 8.44. The number of esters is 2. The van der Waals surface area contributed by atoms with E-state index in [0.717, 1.165) is 51.4 Å². The summed E-state index contributed by atoms with van der Waals surface area (Å²) in [5.41, 5.74) is 2.38. The van der Waals surface area contributed by atoms with Crippen molar-refractivity contribution in [2.45, 2.75) is 91.3 Å². The number of pyridine rings is 1. The van der Waals surface area contributed by atoms with Gasteiger partial charge in [0.1, 0.15) is 12.2 Å². The van der Waals surface area contributed by atoms with Crippen LogP contribution in [0.25, 0.3) is 0 Å². The minimum absolute atomic E-state index is 0.0174. The summed E-state index contributed by atoms with van der Waals surface area (Å²) in [6.07, 6.45) is 10.3. The van der Waals surface area contributed by atoms with Gasteiger partial charge in [-0.25, -0.2) is 4.98 Å². The summed E-state index contributed by atoms with van der Waals surface area (Å²) in [5.74, 6) is 2.01. The molecule has 0 unspecified atom stereocenters. The summed E-state index contributed by atoms with van der Waals surface area (Å²) in [7, 11) is 1.59. The molecule has 36 heavy (non-hydrogen) atoms. The van der Waals surface area contributed by atoms with Crippen LogP contribution < -0.4 is 4.74 Å². The van der Waals surface area contributed by atoms with Crippen molar-refractivity contribution >= 4 is 11.9 Å². The maximum absolute atomic E-state index is 13.5. The number of methoxy groups -OCH3 is 1. The van der Waals surface area contributed by atoms with Crippen LogP contribution in [0.15, 0.2) is 29.8 Å². The molecule has 6 heteroatoms. The zero-order valence-corrected chi connectivity index (χ0v) is 22.4. The average molecular weight is 496 g/mol. The molecule has 1 heterocycles. The van der Waals surface area contributed by atoms with Crippen LogP contribution >= 0.6 is 0 Å². The molecule has 4 aliphatic rings. The fourth-order valence-electron chi connectivity index (χ4n) is 8.44. The molecule has 1 aromatic rings. The molecule has 6 nitrogen and oxygen atoms in total. The molecule has 0 amide bonds. The number of rotatable bonds is 5. The van der Waals surface area contributed by atoms with E-state index in [1.807, 2.05) is 19.1 Å². The zero-order valence-electron chi connectivity index (χ0n) is 22.4. The van der Waals surface area contributed by atoms with Gasteiger partial charge in [-0.3, -0.25) is 9.59 Å². The second kappa shape index (κ2) is 9.50. The largest absolute Gasteiger partial charge is 0.481 e. The second-order valence-corrected chi connectivity index (χ2v) is 12.1. The Morgan fingerprint density at radius 1 is 1.08 bits per heavy atom. The number of carbonyl (C=O) groups excluding carboxylic acids is 2. The Morgan fingerprint density at radius 3 is 2.64 bits per heavy atom. The number of hydrogen-bond acceptors (Lipinski definition) is 6. The smallest absolute Gasteiger partial charge is 0.310 e. The van der Waals surface area contributed by atoms with Crippen molar-refractivity contribution in [1.82, 2.24) is 4.98 Å². The van der Waals surface area contributed by atoms with Crippen molar-refractivity contribution in [1.29, 1.82) is 0 Å². The summed E-state index contributed by atoms with van der Waals surface area (Å²) < 4.78 is 16.8. The molecule has 1 aromatic heterocycles. The lowest BCUT2D eigenvalue weighted by atomic mass is 9.47. The first-order valence-corrected chi connectivity index (χ1v) is 13.7. The molecule has 0 bridgehead atoms. The Bertz CT molecular complexity index is 1050. The van der Waals surface area contributed by atoms with Crippen LogP contribution in [0.1, 0.15) is 90.9 Å². The third-order valence-electron chi connectivity index (χ3n) is 10.3. The highest BCUT2D eigenvalue weighted by Crippen LogP contribution is 2.66. The maximum atomic E-state index is 13.5. The van der Waals surface area contributed by atoms with Gasteiger partial charge in [0, 0.05) is 19.4 Å². The molecule has 0 aliphatic heterocycles. The molecule has 3 fully saturated rings. The zero-order chi connectivity index (χ0) is 25.7. The standard InChI is InChI=1S/C30H41NO5/c1-18(26-7-6-8-27(31-26)34-5)35-28(33)25-12-11-23-22-10-9-20-17-21(36-19(2)32)13-15-29(20,3)24(22)14-16-30(23,25)4/h6-9,18,21-25H,10-17H2,1-5H3/t18-,21-,22-,23-,24-,25+,29-,30-/m0/s1. The lowest BCUT2D eigenvalue weighted by Gasteiger charge is -2.57. The Balaban J connectivity index is 1.30. The first-order chi connectivity index (χ1) is 17.2. The summed E-state index contributed by atoms with van der Waals surface area (Å²) in [6.45, 7) is 8.20. The van der Waals surface area contributed by atoms with Gasteiger partial charge in [0.15, 0.2) is 0 Å². The summed E-state index contributed by atoms with van der Waals surface area (Å²) in [4.78, 5) is 29.5. The van der Waals surface area contributed by atoms with Crippen LogP contribution in [-0.4, -0.2) is 30.1 Å². The molecule has 0 aromatic carbocycles. The van der Waals surface area contributed by atoms with Crippen molar-refractivity contribution in [3.63, 3.8) is 0 Å². The highest BCUT2D eigenvalue weighted by Gasteiger charge is 2.60. The van der Waals surface area contributed by atoms with Gasteiger partial charge in [0.05, 0.1) is 18.7 Å². The van der Waals surface area contributed by atoms with Crippen molar-refractivity contribution in [3.05, 3.63) is 35.5 Å². The number of carbonyl (C=O) groups is 2. The van der Waals surface area contributed by atoms with Crippen LogP contribution in [0.2, 0.25) is 0 Å². The Kier molecular flexibility index (Phi) is 6.67. The third kappa shape index (κ3) is 4.24. The topological polar surface area (TPSA) is 74.7 Å². The fraction of sp³-hybridized carbons (Fsp3) is 0.700. The van der Waals surface area contributed by atoms with Crippen LogP contribution in [0.5, 0.6) is 5.88 Å². The molecule has 0 saturated heterocycles. The number of hydrogen-bond donors (Lipinski definition) is 0. The molecule has 196 valence electrons. The SMILES string of the molecule is COc1cccc([C@H](C)OC(=O)[C@H]2CC[C@H]3[C@@H]4CC=C5C[C@@H](OC(C)=O)CC[C@]5(C)[C@H]4CC[C@]23C)n1. The van der Waals surface area contributed by atoms with Crippen molar-refractivity contribution in [3.8, 4) is 5.88 Å². The lowest BCUT2D eigenvalue weighted by Crippen LogP contribution is -2.51. The van der Waals surface area contributed by atoms with E-state index in [1.165, 1.54) is 12.5 Å². The molecule has 0 spiro atoms. The highest BCUT2D eigenvalue weighted by molar-refractivity contribution is 5.74. The van der Waals surface area contributed by atoms with Gasteiger partial charge in [-0.1, -0.05) is 31.6 Å². The second-order valence-electron chi connectivity index (χ2n) is 12.1. The molecule has 0 radical (unpaired) electrons. The van der Waals surface area contributed by atoms with Crippen LogP contribution in [0.3, 0.4) is 0 Å². The van der Waals surface area contributed by atoms with E-state index in [0.29, 0.717) is 29.3 Å². The van der Waals surface area contributed by atoms with Gasteiger partial charge in [0.25, 0.3) is 0 Å². The monoisotopic (exact) mass is 495 g/mol. The van der Waals surface area contributed by atoms with Crippen LogP contribution in [-0.2, 0) is 19.1 Å². The minimum atomic E-state index is -0.405. The minimum Gasteiger partial charge on any atom is -0.481 e. The molecule has 3 saturated carbocycles. The van der Waals surface area contributed by atoms with Gasteiger partial charge >= 0.3 is 11.9 Å². The van der Waals surface area contributed by atoms with Crippen molar-refractivity contribution in [2.24, 2.45) is 34.5 Å². The molecule has 5 rings (SSSR count).